The Labute approximate surface area is 135 Å². The zero-order chi connectivity index (χ0) is 17.7. The van der Waals surface area contributed by atoms with E-state index in [1.54, 1.807) is 0 Å². The molecule has 0 heterocycles. The van der Waals surface area contributed by atoms with Crippen LogP contribution in [0.15, 0.2) is 0 Å². The van der Waals surface area contributed by atoms with E-state index in [1.807, 2.05) is 55.4 Å². The molecule has 0 saturated carbocycles. The maximum atomic E-state index is 12.4. The topological polar surface area (TPSA) is 83.1 Å². The Morgan fingerprint density at radius 1 is 0.727 bits per heavy atom. The van der Waals surface area contributed by atoms with E-state index in [4.69, 9.17) is 9.05 Å². The van der Waals surface area contributed by atoms with Crippen molar-refractivity contribution in [1.82, 2.24) is 0 Å². The number of hydrogen-bond acceptors (Lipinski definition) is 5. The molecule has 5 nitrogen and oxygen atoms in total. The van der Waals surface area contributed by atoms with Gasteiger partial charge in [-0.05, 0) is 23.7 Å². The molecule has 0 radical (unpaired) electrons. The summed E-state index contributed by atoms with van der Waals surface area (Å²) >= 11 is 0. The average molecular weight is 328 g/mol. The zero-order valence-electron chi connectivity index (χ0n) is 14.9. The summed E-state index contributed by atoms with van der Waals surface area (Å²) in [4.78, 5) is 0. The third-order valence-electron chi connectivity index (χ3n) is 4.28. The highest BCUT2D eigenvalue weighted by molar-refractivity contribution is 7.33. The van der Waals surface area contributed by atoms with Crippen LogP contribution >= 0.6 is 8.25 Å². The second kappa shape index (κ2) is 8.11. The van der Waals surface area contributed by atoms with Crippen LogP contribution in [0.4, 0.5) is 0 Å². The van der Waals surface area contributed by atoms with Crippen molar-refractivity contribution in [2.75, 3.05) is 0 Å². The van der Waals surface area contributed by atoms with Crippen LogP contribution in [0.25, 0.3) is 0 Å². The lowest BCUT2D eigenvalue weighted by Crippen LogP contribution is -2.43. The number of nitriles is 2. The van der Waals surface area contributed by atoms with Gasteiger partial charge in [-0.15, -0.1) is 0 Å². The van der Waals surface area contributed by atoms with Gasteiger partial charge in [-0.2, -0.15) is 10.5 Å². The van der Waals surface area contributed by atoms with E-state index in [2.05, 4.69) is 12.1 Å². The molecular weight excluding hydrogens is 299 g/mol. The second-order valence-corrected chi connectivity index (χ2v) is 7.79. The lowest BCUT2D eigenvalue weighted by atomic mass is 9.82. The molecule has 0 amide bonds. The molecule has 0 aliphatic carbocycles. The lowest BCUT2D eigenvalue weighted by molar-refractivity contribution is -0.0182. The predicted molar refractivity (Wildman–Crippen MR) is 87.2 cm³/mol. The Hall–Kier alpha value is -0.870. The van der Waals surface area contributed by atoms with Crippen LogP contribution in [0, 0.1) is 46.3 Å². The van der Waals surface area contributed by atoms with Crippen molar-refractivity contribution in [1.29, 1.82) is 10.5 Å². The van der Waals surface area contributed by atoms with Crippen LogP contribution in [-0.4, -0.2) is 11.2 Å². The third kappa shape index (κ3) is 4.11. The van der Waals surface area contributed by atoms with Gasteiger partial charge < -0.3 is 0 Å². The van der Waals surface area contributed by atoms with Crippen molar-refractivity contribution in [3.05, 3.63) is 0 Å². The Bertz CT molecular complexity index is 415. The van der Waals surface area contributed by atoms with Crippen LogP contribution in [0.3, 0.4) is 0 Å². The fourth-order valence-electron chi connectivity index (χ4n) is 2.66. The average Bonchev–Trinajstić information content (AvgIpc) is 2.40. The van der Waals surface area contributed by atoms with Gasteiger partial charge in [0.05, 0.1) is 12.1 Å². The van der Waals surface area contributed by atoms with Crippen molar-refractivity contribution < 1.29 is 13.6 Å². The molecule has 0 N–H and O–H groups in total. The molecule has 0 bridgehead atoms. The smallest absolute Gasteiger partial charge is 0.288 e. The minimum atomic E-state index is -3.00. The summed E-state index contributed by atoms with van der Waals surface area (Å²) in [7, 11) is -3.00. The molecule has 0 atom stereocenters. The van der Waals surface area contributed by atoms with E-state index in [1.165, 1.54) is 0 Å². The molecule has 0 spiro atoms. The monoisotopic (exact) mass is 328 g/mol. The zero-order valence-corrected chi connectivity index (χ0v) is 15.9. The second-order valence-electron chi connectivity index (χ2n) is 6.88. The Morgan fingerprint density at radius 2 is 0.955 bits per heavy atom. The molecule has 22 heavy (non-hydrogen) atoms. The molecule has 0 rings (SSSR count). The summed E-state index contributed by atoms with van der Waals surface area (Å²) in [5, 5.41) is 19.0. The largest absolute Gasteiger partial charge is 0.322 e. The highest BCUT2D eigenvalue weighted by Gasteiger charge is 2.45. The van der Waals surface area contributed by atoms with Crippen LogP contribution < -0.4 is 0 Å². The SMILES string of the molecule is CC(C)C(C#N)(O[PH](=O)OC(C#N)(C(C)C)C(C)C)C(C)C. The van der Waals surface area contributed by atoms with Crippen molar-refractivity contribution in [2.24, 2.45) is 23.7 Å². The van der Waals surface area contributed by atoms with E-state index >= 15 is 0 Å². The molecule has 0 aliphatic rings. The molecule has 0 unspecified atom stereocenters. The van der Waals surface area contributed by atoms with Gasteiger partial charge in [0, 0.05) is 0 Å². The maximum absolute atomic E-state index is 12.4. The van der Waals surface area contributed by atoms with Crippen LogP contribution in [0.1, 0.15) is 55.4 Å². The van der Waals surface area contributed by atoms with E-state index in [-0.39, 0.29) is 23.7 Å². The van der Waals surface area contributed by atoms with Crippen molar-refractivity contribution in [3.8, 4) is 12.1 Å². The minimum absolute atomic E-state index is 0.148. The Kier molecular flexibility index (Phi) is 7.79. The first kappa shape index (κ1) is 21.1. The van der Waals surface area contributed by atoms with Crippen LogP contribution in [-0.2, 0) is 13.6 Å². The van der Waals surface area contributed by atoms with Gasteiger partial charge in [0.25, 0.3) is 0 Å². The van der Waals surface area contributed by atoms with Crippen molar-refractivity contribution in [2.45, 2.75) is 66.6 Å². The summed E-state index contributed by atoms with van der Waals surface area (Å²) in [6, 6.07) is 4.30. The summed E-state index contributed by atoms with van der Waals surface area (Å²) in [6.45, 7) is 14.8. The van der Waals surface area contributed by atoms with E-state index in [9.17, 15) is 15.1 Å². The normalized spacial score (nSPS) is 13.2. The van der Waals surface area contributed by atoms with Gasteiger partial charge in [0.2, 0.25) is 0 Å². The lowest BCUT2D eigenvalue weighted by Gasteiger charge is -2.37. The van der Waals surface area contributed by atoms with E-state index in [0.29, 0.717) is 0 Å². The van der Waals surface area contributed by atoms with Gasteiger partial charge in [-0.1, -0.05) is 55.4 Å². The first-order valence-electron chi connectivity index (χ1n) is 7.74. The Balaban J connectivity index is 5.46. The molecule has 0 fully saturated rings. The molecule has 0 aromatic carbocycles. The molecular formula is C16H29N2O3P. The first-order chi connectivity index (χ1) is 10.00. The van der Waals surface area contributed by atoms with Crippen LogP contribution in [0.5, 0.6) is 0 Å². The Morgan fingerprint density at radius 3 is 1.09 bits per heavy atom. The number of rotatable bonds is 8. The molecule has 0 aliphatic heterocycles. The van der Waals surface area contributed by atoms with Gasteiger partial charge >= 0.3 is 8.25 Å². The van der Waals surface area contributed by atoms with Gasteiger partial charge in [-0.3, -0.25) is 13.6 Å². The highest BCUT2D eigenvalue weighted by atomic mass is 31.1. The van der Waals surface area contributed by atoms with Gasteiger partial charge in [0.15, 0.2) is 11.2 Å². The number of nitrogens with zero attached hydrogens (tertiary/aromatic N) is 2. The van der Waals surface area contributed by atoms with Crippen LogP contribution in [0.2, 0.25) is 0 Å². The molecule has 0 saturated heterocycles. The van der Waals surface area contributed by atoms with Crippen molar-refractivity contribution in [3.63, 3.8) is 0 Å². The molecule has 126 valence electrons. The summed E-state index contributed by atoms with van der Waals surface area (Å²) in [5.74, 6) is -0.594. The minimum Gasteiger partial charge on any atom is -0.288 e. The quantitative estimate of drug-likeness (QED) is 0.610. The van der Waals surface area contributed by atoms with E-state index in [0.717, 1.165) is 0 Å². The summed E-state index contributed by atoms with van der Waals surface area (Å²) < 4.78 is 23.6. The summed E-state index contributed by atoms with van der Waals surface area (Å²) in [5.41, 5.74) is -2.38. The number of hydrogen-bond donors (Lipinski definition) is 0. The molecule has 0 aromatic heterocycles. The van der Waals surface area contributed by atoms with Gasteiger partial charge in [-0.25, -0.2) is 0 Å². The third-order valence-corrected chi connectivity index (χ3v) is 5.29. The first-order valence-corrected chi connectivity index (χ1v) is 8.97. The molecule has 0 aromatic rings. The van der Waals surface area contributed by atoms with Gasteiger partial charge in [0.1, 0.15) is 0 Å². The van der Waals surface area contributed by atoms with Crippen molar-refractivity contribution >= 4 is 8.25 Å². The highest BCUT2D eigenvalue weighted by Crippen LogP contribution is 2.45. The maximum Gasteiger partial charge on any atom is 0.322 e. The molecule has 6 heteroatoms. The fraction of sp³-hybridized carbons (Fsp3) is 0.875. The summed E-state index contributed by atoms with van der Waals surface area (Å²) in [6.07, 6.45) is 0. The van der Waals surface area contributed by atoms with E-state index < -0.39 is 19.5 Å². The predicted octanol–water partition coefficient (Wildman–Crippen LogP) is 4.56. The standard InChI is InChI=1S/C16H29N2O3P/c1-11(2)15(9-17,12(3)4)20-22(19)21-16(10-18,13(5)6)14(7)8/h11-14,22H,1-8H3. The fourth-order valence-corrected chi connectivity index (χ4v) is 4.29.